The summed E-state index contributed by atoms with van der Waals surface area (Å²) in [5, 5.41) is 9.71. The Hall–Kier alpha value is -2.74. The van der Waals surface area contributed by atoms with Crippen molar-refractivity contribution >= 4 is 35.0 Å². The Balaban J connectivity index is 2.40. The van der Waals surface area contributed by atoms with Gasteiger partial charge in [-0.05, 0) is 55.8 Å². The number of amides is 2. The first kappa shape index (κ1) is 20.6. The first-order valence-electron chi connectivity index (χ1n) is 8.28. The van der Waals surface area contributed by atoms with Crippen LogP contribution in [0.3, 0.4) is 0 Å². The number of phenolic OH excluding ortho intramolecular Hbond substituents is 1. The topological polar surface area (TPSA) is 93.1 Å². The van der Waals surface area contributed by atoms with Crippen molar-refractivity contribution in [2.75, 3.05) is 13.7 Å². The zero-order valence-electron chi connectivity index (χ0n) is 15.4. The molecule has 1 aliphatic heterocycles. The summed E-state index contributed by atoms with van der Waals surface area (Å²) in [6, 6.07) is 2.27. The SMILES string of the molecule is C=CCc1cc(/C=C2/SC(=O)N(C(C)C(=O)OC)C2=O)cc(OCC)c1O. The number of rotatable bonds is 7. The van der Waals surface area contributed by atoms with E-state index < -0.39 is 23.2 Å². The molecule has 144 valence electrons. The van der Waals surface area contributed by atoms with E-state index in [1.165, 1.54) is 20.1 Å². The van der Waals surface area contributed by atoms with Gasteiger partial charge in [0.1, 0.15) is 6.04 Å². The Morgan fingerprint density at radius 2 is 2.11 bits per heavy atom. The van der Waals surface area contributed by atoms with Gasteiger partial charge >= 0.3 is 5.97 Å². The van der Waals surface area contributed by atoms with E-state index in [0.29, 0.717) is 24.2 Å². The Labute approximate surface area is 161 Å². The number of hydrogen-bond acceptors (Lipinski definition) is 7. The number of benzene rings is 1. The van der Waals surface area contributed by atoms with Crippen LogP contribution in [-0.2, 0) is 20.7 Å². The van der Waals surface area contributed by atoms with Crippen LogP contribution in [0.15, 0.2) is 29.7 Å². The van der Waals surface area contributed by atoms with Gasteiger partial charge in [-0.15, -0.1) is 6.58 Å². The molecule has 0 saturated carbocycles. The number of hydrogen-bond donors (Lipinski definition) is 1. The van der Waals surface area contributed by atoms with Crippen LogP contribution in [-0.4, -0.2) is 46.9 Å². The van der Waals surface area contributed by atoms with Gasteiger partial charge in [0.2, 0.25) is 0 Å². The normalized spacial score (nSPS) is 16.6. The molecule has 0 aromatic heterocycles. The van der Waals surface area contributed by atoms with Gasteiger partial charge in [0.15, 0.2) is 11.5 Å². The highest BCUT2D eigenvalue weighted by Crippen LogP contribution is 2.37. The fourth-order valence-electron chi connectivity index (χ4n) is 2.59. The van der Waals surface area contributed by atoms with Crippen LogP contribution in [0.5, 0.6) is 11.5 Å². The second kappa shape index (κ2) is 8.77. The maximum Gasteiger partial charge on any atom is 0.328 e. The van der Waals surface area contributed by atoms with Crippen LogP contribution < -0.4 is 4.74 Å². The van der Waals surface area contributed by atoms with Crippen molar-refractivity contribution in [3.8, 4) is 11.5 Å². The number of imide groups is 1. The lowest BCUT2D eigenvalue weighted by molar-refractivity contribution is -0.148. The highest BCUT2D eigenvalue weighted by molar-refractivity contribution is 8.18. The molecule has 1 aromatic carbocycles. The summed E-state index contributed by atoms with van der Waals surface area (Å²) in [6.45, 7) is 7.24. The molecule has 0 bridgehead atoms. The quantitative estimate of drug-likeness (QED) is 0.434. The summed E-state index contributed by atoms with van der Waals surface area (Å²) < 4.78 is 10.0. The number of phenols is 1. The van der Waals surface area contributed by atoms with E-state index in [9.17, 15) is 19.5 Å². The summed E-state index contributed by atoms with van der Waals surface area (Å²) in [5.41, 5.74) is 1.17. The second-order valence-electron chi connectivity index (χ2n) is 5.70. The van der Waals surface area contributed by atoms with Gasteiger partial charge in [0, 0.05) is 5.56 Å². The number of ether oxygens (including phenoxy) is 2. The molecule has 1 atom stereocenters. The van der Waals surface area contributed by atoms with Crippen molar-refractivity contribution in [3.05, 3.63) is 40.8 Å². The number of carbonyl (C=O) groups is 3. The number of nitrogens with zero attached hydrogens (tertiary/aromatic N) is 1. The van der Waals surface area contributed by atoms with Gasteiger partial charge in [-0.25, -0.2) is 4.79 Å². The maximum absolute atomic E-state index is 12.6. The highest BCUT2D eigenvalue weighted by atomic mass is 32.2. The number of thioether (sulfide) groups is 1. The first-order chi connectivity index (χ1) is 12.8. The van der Waals surface area contributed by atoms with E-state index >= 15 is 0 Å². The average Bonchev–Trinajstić information content (AvgIpc) is 2.91. The molecule has 1 fully saturated rings. The van der Waals surface area contributed by atoms with Gasteiger partial charge in [-0.2, -0.15) is 0 Å². The zero-order valence-corrected chi connectivity index (χ0v) is 16.2. The van der Waals surface area contributed by atoms with Crippen LogP contribution in [0, 0.1) is 0 Å². The van der Waals surface area contributed by atoms with E-state index in [0.717, 1.165) is 16.7 Å². The third kappa shape index (κ3) is 4.33. The lowest BCUT2D eigenvalue weighted by Crippen LogP contribution is -2.42. The average molecular weight is 391 g/mol. The molecule has 1 unspecified atom stereocenters. The Morgan fingerprint density at radius 3 is 2.70 bits per heavy atom. The molecule has 1 aromatic rings. The summed E-state index contributed by atoms with van der Waals surface area (Å²) >= 11 is 0.743. The van der Waals surface area contributed by atoms with Gasteiger partial charge in [-0.1, -0.05) is 6.08 Å². The smallest absolute Gasteiger partial charge is 0.328 e. The van der Waals surface area contributed by atoms with Crippen molar-refractivity contribution in [1.82, 2.24) is 4.90 Å². The first-order valence-corrected chi connectivity index (χ1v) is 9.10. The fourth-order valence-corrected chi connectivity index (χ4v) is 3.50. The third-order valence-electron chi connectivity index (χ3n) is 3.89. The Bertz CT molecular complexity index is 817. The Morgan fingerprint density at radius 1 is 1.41 bits per heavy atom. The van der Waals surface area contributed by atoms with Gasteiger partial charge < -0.3 is 14.6 Å². The molecule has 0 spiro atoms. The van der Waals surface area contributed by atoms with E-state index in [4.69, 9.17) is 4.74 Å². The Kier molecular flexibility index (Phi) is 6.68. The van der Waals surface area contributed by atoms with Crippen LogP contribution in [0.4, 0.5) is 4.79 Å². The van der Waals surface area contributed by atoms with Gasteiger partial charge in [0.25, 0.3) is 11.1 Å². The monoisotopic (exact) mass is 391 g/mol. The van der Waals surface area contributed by atoms with Crippen molar-refractivity contribution in [2.24, 2.45) is 0 Å². The van der Waals surface area contributed by atoms with E-state index in [2.05, 4.69) is 11.3 Å². The summed E-state index contributed by atoms with van der Waals surface area (Å²) in [7, 11) is 1.20. The number of aromatic hydroxyl groups is 1. The maximum atomic E-state index is 12.6. The van der Waals surface area contributed by atoms with Crippen molar-refractivity contribution in [2.45, 2.75) is 26.3 Å². The summed E-state index contributed by atoms with van der Waals surface area (Å²) in [6.07, 6.45) is 3.58. The minimum Gasteiger partial charge on any atom is -0.504 e. The van der Waals surface area contributed by atoms with Crippen LogP contribution in [0.25, 0.3) is 6.08 Å². The fraction of sp³-hybridized carbons (Fsp3) is 0.316. The predicted octanol–water partition coefficient (Wildman–Crippen LogP) is 3.12. The molecule has 0 aliphatic carbocycles. The molecule has 8 heteroatoms. The van der Waals surface area contributed by atoms with Crippen molar-refractivity contribution < 1.29 is 29.0 Å². The molecule has 7 nitrogen and oxygen atoms in total. The number of carbonyl (C=O) groups excluding carboxylic acids is 3. The largest absolute Gasteiger partial charge is 0.504 e. The number of esters is 1. The molecule has 2 amide bonds. The number of methoxy groups -OCH3 is 1. The second-order valence-corrected chi connectivity index (χ2v) is 6.70. The third-order valence-corrected chi connectivity index (χ3v) is 4.77. The van der Waals surface area contributed by atoms with Crippen LogP contribution in [0.1, 0.15) is 25.0 Å². The minimum absolute atomic E-state index is 0.0151. The molecular formula is C19H21NO6S. The van der Waals surface area contributed by atoms with Crippen LogP contribution in [0.2, 0.25) is 0 Å². The summed E-state index contributed by atoms with van der Waals surface area (Å²) in [4.78, 5) is 37.5. The van der Waals surface area contributed by atoms with Gasteiger partial charge in [-0.3, -0.25) is 14.5 Å². The van der Waals surface area contributed by atoms with Crippen molar-refractivity contribution in [1.29, 1.82) is 0 Å². The molecule has 1 N–H and O–H groups in total. The molecule has 0 radical (unpaired) electrons. The van der Waals surface area contributed by atoms with E-state index in [1.54, 1.807) is 25.1 Å². The summed E-state index contributed by atoms with van der Waals surface area (Å²) in [5.74, 6) is -0.944. The van der Waals surface area contributed by atoms with E-state index in [1.807, 2.05) is 0 Å². The van der Waals surface area contributed by atoms with Gasteiger partial charge in [0.05, 0.1) is 18.6 Å². The minimum atomic E-state index is -1.01. The van der Waals surface area contributed by atoms with Crippen LogP contribution >= 0.6 is 11.8 Å². The molecule has 27 heavy (non-hydrogen) atoms. The molecule has 2 rings (SSSR count). The lowest BCUT2D eigenvalue weighted by atomic mass is 10.0. The standard InChI is InChI=1S/C19H21NO6S/c1-5-7-13-8-12(9-14(16(13)21)26-6-2)10-15-17(22)20(19(24)27-15)11(3)18(23)25-4/h5,8-11,21H,1,6-7H2,2-4H3/b15-10+. The zero-order chi connectivity index (χ0) is 20.1. The highest BCUT2D eigenvalue weighted by Gasteiger charge is 2.41. The molecule has 1 heterocycles. The lowest BCUT2D eigenvalue weighted by Gasteiger charge is -2.18. The molecular weight excluding hydrogens is 370 g/mol. The molecule has 1 aliphatic rings. The molecule has 1 saturated heterocycles. The van der Waals surface area contributed by atoms with Crippen molar-refractivity contribution in [3.63, 3.8) is 0 Å². The predicted molar refractivity (Wildman–Crippen MR) is 102 cm³/mol. The van der Waals surface area contributed by atoms with E-state index in [-0.39, 0.29) is 16.4 Å². The number of allylic oxidation sites excluding steroid dienone is 1.